The van der Waals surface area contributed by atoms with Crippen molar-refractivity contribution in [3.05, 3.63) is 74.8 Å². The minimum atomic E-state index is -0.617. The van der Waals surface area contributed by atoms with E-state index < -0.39 is 11.9 Å². The summed E-state index contributed by atoms with van der Waals surface area (Å²) < 4.78 is 12.5. The molecule has 0 fully saturated rings. The lowest BCUT2D eigenvalue weighted by Gasteiger charge is -2.25. The molecule has 0 spiro atoms. The van der Waals surface area contributed by atoms with Crippen LogP contribution in [0, 0.1) is 18.3 Å². The van der Waals surface area contributed by atoms with E-state index in [1.807, 2.05) is 43.6 Å². The van der Waals surface area contributed by atoms with Crippen LogP contribution in [-0.4, -0.2) is 22.6 Å². The van der Waals surface area contributed by atoms with Gasteiger partial charge in [-0.05, 0) is 37.6 Å². The monoisotopic (exact) mass is 420 g/mol. The van der Waals surface area contributed by atoms with E-state index in [1.165, 1.54) is 18.4 Å². The van der Waals surface area contributed by atoms with Crippen LogP contribution in [0.2, 0.25) is 0 Å². The molecule has 1 aliphatic heterocycles. The zero-order valence-corrected chi connectivity index (χ0v) is 17.6. The van der Waals surface area contributed by atoms with Crippen LogP contribution in [-0.2, 0) is 20.8 Å². The van der Waals surface area contributed by atoms with Gasteiger partial charge in [-0.15, -0.1) is 11.3 Å². The average Bonchev–Trinajstić information content (AvgIpc) is 3.31. The number of hydrogen-bond donors (Lipinski definition) is 1. The van der Waals surface area contributed by atoms with Crippen LogP contribution >= 0.6 is 11.3 Å². The highest BCUT2D eigenvalue weighted by atomic mass is 32.1. The van der Waals surface area contributed by atoms with Crippen LogP contribution in [0.3, 0.4) is 0 Å². The number of nitriles is 1. The molecule has 0 radical (unpaired) electrons. The molecule has 0 unspecified atom stereocenters. The topological polar surface area (TPSA) is 103 Å². The summed E-state index contributed by atoms with van der Waals surface area (Å²) in [6.07, 6.45) is 1.82. The number of carbonyl (C=O) groups is 1. The van der Waals surface area contributed by atoms with Gasteiger partial charge in [0.2, 0.25) is 5.88 Å². The number of carbonyl (C=O) groups excluding carboxylic acids is 1. The molecule has 7 nitrogen and oxygen atoms in total. The van der Waals surface area contributed by atoms with Crippen molar-refractivity contribution in [2.75, 3.05) is 7.11 Å². The molecule has 1 aliphatic rings. The molecule has 4 rings (SSSR count). The number of aryl methyl sites for hydroxylation is 1. The number of imidazole rings is 1. The molecule has 0 bridgehead atoms. The molecular weight excluding hydrogens is 400 g/mol. The average molecular weight is 420 g/mol. The van der Waals surface area contributed by atoms with Gasteiger partial charge in [0, 0.05) is 9.75 Å². The summed E-state index contributed by atoms with van der Waals surface area (Å²) in [5.41, 5.74) is 9.54. The van der Waals surface area contributed by atoms with Gasteiger partial charge in [-0.3, -0.25) is 0 Å². The van der Waals surface area contributed by atoms with E-state index in [-0.39, 0.29) is 11.5 Å². The fourth-order valence-corrected chi connectivity index (χ4v) is 4.87. The van der Waals surface area contributed by atoms with E-state index in [0.29, 0.717) is 17.9 Å². The summed E-state index contributed by atoms with van der Waals surface area (Å²) in [6.45, 7) is 4.30. The van der Waals surface area contributed by atoms with E-state index in [0.717, 1.165) is 26.4 Å². The normalized spacial score (nSPS) is 16.5. The molecule has 0 amide bonds. The third kappa shape index (κ3) is 3.23. The summed E-state index contributed by atoms with van der Waals surface area (Å²) in [6, 6.07) is 12.1. The second-order valence-corrected chi connectivity index (χ2v) is 8.27. The third-order valence-electron chi connectivity index (χ3n) is 5.20. The zero-order valence-electron chi connectivity index (χ0n) is 16.8. The molecule has 2 aromatic heterocycles. The third-order valence-corrected chi connectivity index (χ3v) is 6.36. The molecule has 8 heteroatoms. The van der Waals surface area contributed by atoms with Gasteiger partial charge in [-0.25, -0.2) is 9.78 Å². The van der Waals surface area contributed by atoms with E-state index in [2.05, 4.69) is 15.6 Å². The number of benzene rings is 1. The summed E-state index contributed by atoms with van der Waals surface area (Å²) in [4.78, 5) is 18.9. The second kappa shape index (κ2) is 7.69. The van der Waals surface area contributed by atoms with Gasteiger partial charge in [-0.1, -0.05) is 12.1 Å². The van der Waals surface area contributed by atoms with E-state index in [4.69, 9.17) is 15.2 Å². The van der Waals surface area contributed by atoms with Crippen molar-refractivity contribution in [3.8, 4) is 6.07 Å². The lowest BCUT2D eigenvalue weighted by atomic mass is 9.87. The van der Waals surface area contributed by atoms with E-state index in [9.17, 15) is 10.1 Å². The number of para-hydroxylation sites is 2. The molecular formula is C22H20N4O3S. The molecule has 30 heavy (non-hydrogen) atoms. The Morgan fingerprint density at radius 1 is 1.40 bits per heavy atom. The van der Waals surface area contributed by atoms with Crippen LogP contribution in [0.5, 0.6) is 0 Å². The molecule has 3 aromatic rings. The summed E-state index contributed by atoms with van der Waals surface area (Å²) >= 11 is 1.53. The van der Waals surface area contributed by atoms with Crippen LogP contribution in [0.25, 0.3) is 11.0 Å². The first-order valence-electron chi connectivity index (χ1n) is 9.30. The van der Waals surface area contributed by atoms with Crippen molar-refractivity contribution in [3.63, 3.8) is 0 Å². The van der Waals surface area contributed by atoms with Crippen molar-refractivity contribution < 1.29 is 14.3 Å². The lowest BCUT2D eigenvalue weighted by molar-refractivity contribution is -0.136. The first kappa shape index (κ1) is 19.7. The Morgan fingerprint density at radius 2 is 2.17 bits per heavy atom. The number of aromatic nitrogens is 2. The number of nitrogens with zero attached hydrogens (tertiary/aromatic N) is 3. The van der Waals surface area contributed by atoms with Crippen molar-refractivity contribution in [1.82, 2.24) is 9.55 Å². The SMILES string of the molecule is COC(=O)C1=C(C)OC(N)=C(C#N)[C@H]1c1cc(Cn2cnc3ccccc32)c(C)s1. The highest BCUT2D eigenvalue weighted by Gasteiger charge is 2.37. The number of methoxy groups -OCH3 is 1. The Labute approximate surface area is 177 Å². The fourth-order valence-electron chi connectivity index (χ4n) is 3.70. The smallest absolute Gasteiger partial charge is 0.338 e. The van der Waals surface area contributed by atoms with Gasteiger partial charge in [0.15, 0.2) is 0 Å². The Bertz CT molecular complexity index is 1260. The Kier molecular flexibility index (Phi) is 5.06. The van der Waals surface area contributed by atoms with Gasteiger partial charge in [0.25, 0.3) is 0 Å². The van der Waals surface area contributed by atoms with Gasteiger partial charge < -0.3 is 19.8 Å². The van der Waals surface area contributed by atoms with Crippen LogP contribution in [0.4, 0.5) is 0 Å². The summed E-state index contributed by atoms with van der Waals surface area (Å²) in [5, 5.41) is 9.70. The Morgan fingerprint density at radius 3 is 2.90 bits per heavy atom. The molecule has 152 valence electrons. The summed E-state index contributed by atoms with van der Waals surface area (Å²) in [5.74, 6) is -0.795. The van der Waals surface area contributed by atoms with Gasteiger partial charge in [0.05, 0.1) is 42.5 Å². The second-order valence-electron chi connectivity index (χ2n) is 6.98. The highest BCUT2D eigenvalue weighted by molar-refractivity contribution is 7.12. The van der Waals surface area contributed by atoms with Gasteiger partial charge >= 0.3 is 5.97 Å². The minimum Gasteiger partial charge on any atom is -0.466 e. The molecule has 2 N–H and O–H groups in total. The van der Waals surface area contributed by atoms with Crippen molar-refractivity contribution in [2.24, 2.45) is 5.73 Å². The maximum absolute atomic E-state index is 12.5. The zero-order chi connectivity index (χ0) is 21.4. The van der Waals surface area contributed by atoms with Gasteiger partial charge in [0.1, 0.15) is 17.4 Å². The molecule has 0 saturated heterocycles. The summed E-state index contributed by atoms with van der Waals surface area (Å²) in [7, 11) is 1.31. The first-order valence-corrected chi connectivity index (χ1v) is 10.1. The van der Waals surface area contributed by atoms with E-state index >= 15 is 0 Å². The van der Waals surface area contributed by atoms with Gasteiger partial charge in [-0.2, -0.15) is 5.26 Å². The highest BCUT2D eigenvalue weighted by Crippen LogP contribution is 2.43. The molecule has 3 heterocycles. The van der Waals surface area contributed by atoms with Crippen LogP contribution in [0.1, 0.15) is 28.2 Å². The largest absolute Gasteiger partial charge is 0.466 e. The van der Waals surface area contributed by atoms with Crippen LogP contribution in [0.15, 0.2) is 59.4 Å². The Hall–Kier alpha value is -3.57. The number of hydrogen-bond acceptors (Lipinski definition) is 7. The fraction of sp³-hybridized carbons (Fsp3) is 0.227. The number of nitrogens with two attached hydrogens (primary N) is 1. The first-order chi connectivity index (χ1) is 14.4. The number of esters is 1. The lowest BCUT2D eigenvalue weighted by Crippen LogP contribution is -2.24. The van der Waals surface area contributed by atoms with Crippen molar-refractivity contribution in [2.45, 2.75) is 26.3 Å². The molecule has 1 atom stereocenters. The van der Waals surface area contributed by atoms with Crippen LogP contribution < -0.4 is 5.73 Å². The number of ether oxygens (including phenoxy) is 2. The quantitative estimate of drug-likeness (QED) is 0.646. The molecule has 0 aliphatic carbocycles. The van der Waals surface area contributed by atoms with E-state index in [1.54, 1.807) is 6.92 Å². The molecule has 1 aromatic carbocycles. The van der Waals surface area contributed by atoms with Crippen molar-refractivity contribution >= 4 is 28.3 Å². The molecule has 0 saturated carbocycles. The van der Waals surface area contributed by atoms with Crippen molar-refractivity contribution in [1.29, 1.82) is 5.26 Å². The number of allylic oxidation sites excluding steroid dienone is 2. The number of rotatable bonds is 4. The predicted octanol–water partition coefficient (Wildman–Crippen LogP) is 3.71. The maximum atomic E-state index is 12.5. The minimum absolute atomic E-state index is 0.0147. The number of fused-ring (bicyclic) bond motifs is 1. The maximum Gasteiger partial charge on any atom is 0.338 e. The predicted molar refractivity (Wildman–Crippen MR) is 113 cm³/mol. The number of thiophene rings is 1. The standard InChI is InChI=1S/C22H20N4O3S/c1-12-19(22(27)28-3)20(15(9-23)21(24)29-12)18-8-14(13(2)30-18)10-26-11-25-16-6-4-5-7-17(16)26/h4-8,11,20H,10,24H2,1-3H3/t20-/m0/s1. The Balaban J connectivity index is 1.77.